The lowest BCUT2D eigenvalue weighted by molar-refractivity contribution is 0.0954. The van der Waals surface area contributed by atoms with Gasteiger partial charge in [0.1, 0.15) is 27.2 Å². The van der Waals surface area contributed by atoms with Crippen LogP contribution in [0, 0.1) is 19.7 Å². The molecule has 0 aromatic carbocycles. The van der Waals surface area contributed by atoms with Gasteiger partial charge in [-0.2, -0.15) is 0 Å². The zero-order valence-corrected chi connectivity index (χ0v) is 15.6. The lowest BCUT2D eigenvalue weighted by atomic mass is 10.1. The number of carbonyl (C=O) groups excluding carboxylic acids is 1. The van der Waals surface area contributed by atoms with Crippen molar-refractivity contribution >= 4 is 29.4 Å². The summed E-state index contributed by atoms with van der Waals surface area (Å²) in [5.41, 5.74) is 2.50. The number of pyridine rings is 1. The number of thiazole rings is 1. The molecule has 0 unspecified atom stereocenters. The first kappa shape index (κ1) is 17.5. The van der Waals surface area contributed by atoms with Crippen LogP contribution in [0.25, 0.3) is 23.5 Å². The van der Waals surface area contributed by atoms with E-state index in [0.29, 0.717) is 38.8 Å². The number of carbonyl (C=O) groups is 1. The van der Waals surface area contributed by atoms with Crippen molar-refractivity contribution in [2.45, 2.75) is 32.7 Å². The summed E-state index contributed by atoms with van der Waals surface area (Å²) < 4.78 is 18.4. The Balaban J connectivity index is 1.59. The number of hydrogen-bond donors (Lipinski definition) is 1. The molecule has 1 N–H and O–H groups in total. The van der Waals surface area contributed by atoms with Crippen LogP contribution in [-0.4, -0.2) is 27.1 Å². The van der Waals surface area contributed by atoms with E-state index in [2.05, 4.69) is 20.4 Å². The molecule has 3 aromatic rings. The molecule has 0 atom stereocenters. The summed E-state index contributed by atoms with van der Waals surface area (Å²) in [6, 6.07) is 3.19. The molecule has 27 heavy (non-hydrogen) atoms. The first-order valence-corrected chi connectivity index (χ1v) is 9.37. The van der Waals surface area contributed by atoms with Crippen LogP contribution in [0.5, 0.6) is 0 Å². The Morgan fingerprint density at radius 2 is 2.15 bits per heavy atom. The van der Waals surface area contributed by atoms with Crippen LogP contribution < -0.4 is 5.32 Å². The molecule has 1 fully saturated rings. The fraction of sp³-hybridized carbons (Fsp3) is 0.263. The van der Waals surface area contributed by atoms with Gasteiger partial charge in [-0.1, -0.05) is 5.16 Å². The minimum Gasteiger partial charge on any atom is -0.360 e. The van der Waals surface area contributed by atoms with Crippen LogP contribution in [0.15, 0.2) is 22.9 Å². The average molecular weight is 384 g/mol. The van der Waals surface area contributed by atoms with Gasteiger partial charge in [-0.25, -0.2) is 9.37 Å². The van der Waals surface area contributed by atoms with E-state index in [1.807, 2.05) is 19.1 Å². The Morgan fingerprint density at radius 1 is 1.33 bits per heavy atom. The summed E-state index contributed by atoms with van der Waals surface area (Å²) in [5, 5.41) is 7.72. The lowest BCUT2D eigenvalue weighted by Gasteiger charge is -1.99. The van der Waals surface area contributed by atoms with Crippen molar-refractivity contribution in [2.24, 2.45) is 0 Å². The van der Waals surface area contributed by atoms with Crippen molar-refractivity contribution in [1.82, 2.24) is 20.4 Å². The highest BCUT2D eigenvalue weighted by molar-refractivity contribution is 7.14. The average Bonchev–Trinajstić information content (AvgIpc) is 3.26. The van der Waals surface area contributed by atoms with Crippen LogP contribution in [0.2, 0.25) is 0 Å². The first-order valence-electron chi connectivity index (χ1n) is 8.56. The quantitative estimate of drug-likeness (QED) is 0.719. The summed E-state index contributed by atoms with van der Waals surface area (Å²) >= 11 is 1.34. The molecule has 1 aliphatic rings. The minimum atomic E-state index is -0.411. The van der Waals surface area contributed by atoms with Crippen LogP contribution >= 0.6 is 11.3 Å². The maximum Gasteiger partial charge on any atom is 0.263 e. The first-order chi connectivity index (χ1) is 13.0. The molecular formula is C19H17FN4O2S. The molecule has 6 nitrogen and oxygen atoms in total. The van der Waals surface area contributed by atoms with Crippen molar-refractivity contribution in [2.75, 3.05) is 0 Å². The highest BCUT2D eigenvalue weighted by Gasteiger charge is 2.25. The SMILES string of the molecule is Cc1nc(/C=C/c2c(-c3ccc(F)cn3)noc2C)sc1C(=O)NC1CC1. The predicted octanol–water partition coefficient (Wildman–Crippen LogP) is 4.01. The molecular weight excluding hydrogens is 367 g/mol. The summed E-state index contributed by atoms with van der Waals surface area (Å²) in [6.07, 6.45) is 6.87. The van der Waals surface area contributed by atoms with E-state index in [-0.39, 0.29) is 5.91 Å². The Kier molecular flexibility index (Phi) is 4.57. The van der Waals surface area contributed by atoms with Gasteiger partial charge in [-0.05, 0) is 51.0 Å². The van der Waals surface area contributed by atoms with E-state index in [4.69, 9.17) is 4.52 Å². The molecule has 4 rings (SSSR count). The third-order valence-corrected chi connectivity index (χ3v) is 5.32. The number of aryl methyl sites for hydroxylation is 2. The number of halogens is 1. The molecule has 1 amide bonds. The molecule has 0 spiro atoms. The highest BCUT2D eigenvalue weighted by atomic mass is 32.1. The number of hydrogen-bond acceptors (Lipinski definition) is 6. The maximum atomic E-state index is 13.1. The zero-order chi connectivity index (χ0) is 19.0. The number of rotatable bonds is 5. The summed E-state index contributed by atoms with van der Waals surface area (Å²) in [4.78, 5) is 21.4. The van der Waals surface area contributed by atoms with E-state index in [9.17, 15) is 9.18 Å². The van der Waals surface area contributed by atoms with Crippen molar-refractivity contribution in [3.05, 3.63) is 51.0 Å². The molecule has 0 bridgehead atoms. The Hall–Kier alpha value is -2.87. The van der Waals surface area contributed by atoms with Crippen molar-refractivity contribution < 1.29 is 13.7 Å². The molecule has 3 aromatic heterocycles. The predicted molar refractivity (Wildman–Crippen MR) is 101 cm³/mol. The van der Waals surface area contributed by atoms with Crippen LogP contribution in [0.3, 0.4) is 0 Å². The second kappa shape index (κ2) is 7.03. The monoisotopic (exact) mass is 384 g/mol. The van der Waals surface area contributed by atoms with Gasteiger partial charge in [0.15, 0.2) is 0 Å². The fourth-order valence-corrected chi connectivity index (χ4v) is 3.48. The topological polar surface area (TPSA) is 80.9 Å². The van der Waals surface area contributed by atoms with Gasteiger partial charge in [-0.3, -0.25) is 9.78 Å². The standard InChI is InChI=1S/C19H17FN4O2S/c1-10-18(19(25)23-13-4-5-13)27-16(22-10)8-6-14-11(2)26-24-17(14)15-7-3-12(20)9-21-15/h3,6-9,13H,4-5H2,1-2H3,(H,23,25)/b8-6+. The van der Waals surface area contributed by atoms with Gasteiger partial charge in [0.25, 0.3) is 5.91 Å². The number of amides is 1. The van der Waals surface area contributed by atoms with E-state index in [0.717, 1.165) is 24.6 Å². The molecule has 0 aliphatic heterocycles. The van der Waals surface area contributed by atoms with Crippen LogP contribution in [-0.2, 0) is 0 Å². The lowest BCUT2D eigenvalue weighted by Crippen LogP contribution is -2.25. The van der Waals surface area contributed by atoms with E-state index in [1.165, 1.54) is 17.4 Å². The molecule has 0 radical (unpaired) electrons. The van der Waals surface area contributed by atoms with E-state index < -0.39 is 5.82 Å². The second-order valence-corrected chi connectivity index (χ2v) is 7.44. The molecule has 0 saturated heterocycles. The summed E-state index contributed by atoms with van der Waals surface area (Å²) in [6.45, 7) is 3.62. The number of nitrogens with one attached hydrogen (secondary N) is 1. The normalized spacial score (nSPS) is 14.0. The number of nitrogens with zero attached hydrogens (tertiary/aromatic N) is 3. The zero-order valence-electron chi connectivity index (χ0n) is 14.8. The fourth-order valence-electron chi connectivity index (χ4n) is 2.61. The molecule has 138 valence electrons. The van der Waals surface area contributed by atoms with Crippen LogP contribution in [0.1, 0.15) is 44.5 Å². The summed E-state index contributed by atoms with van der Waals surface area (Å²) in [7, 11) is 0. The van der Waals surface area contributed by atoms with Gasteiger partial charge in [-0.15, -0.1) is 11.3 Å². The molecule has 8 heteroatoms. The molecule has 3 heterocycles. The maximum absolute atomic E-state index is 13.1. The third-order valence-electron chi connectivity index (χ3n) is 4.20. The van der Waals surface area contributed by atoms with Crippen LogP contribution in [0.4, 0.5) is 4.39 Å². The second-order valence-electron chi connectivity index (χ2n) is 6.41. The molecule has 1 saturated carbocycles. The summed E-state index contributed by atoms with van der Waals surface area (Å²) in [5.74, 6) is 0.142. The minimum absolute atomic E-state index is 0.0653. The smallest absolute Gasteiger partial charge is 0.263 e. The van der Waals surface area contributed by atoms with Crippen molar-refractivity contribution in [1.29, 1.82) is 0 Å². The van der Waals surface area contributed by atoms with Crippen molar-refractivity contribution in [3.63, 3.8) is 0 Å². The highest BCUT2D eigenvalue weighted by Crippen LogP contribution is 2.27. The largest absolute Gasteiger partial charge is 0.360 e. The van der Waals surface area contributed by atoms with Crippen molar-refractivity contribution in [3.8, 4) is 11.4 Å². The van der Waals surface area contributed by atoms with Gasteiger partial charge >= 0.3 is 0 Å². The molecule has 1 aliphatic carbocycles. The van der Waals surface area contributed by atoms with Gasteiger partial charge < -0.3 is 9.84 Å². The van der Waals surface area contributed by atoms with E-state index >= 15 is 0 Å². The third kappa shape index (κ3) is 3.80. The Morgan fingerprint density at radius 3 is 2.85 bits per heavy atom. The van der Waals surface area contributed by atoms with E-state index in [1.54, 1.807) is 13.0 Å². The Bertz CT molecular complexity index is 1020. The van der Waals surface area contributed by atoms with Gasteiger partial charge in [0, 0.05) is 11.6 Å². The van der Waals surface area contributed by atoms with Gasteiger partial charge in [0.2, 0.25) is 0 Å². The van der Waals surface area contributed by atoms with Gasteiger partial charge in [0.05, 0.1) is 17.6 Å². The number of aromatic nitrogens is 3. The Labute approximate surface area is 159 Å².